The highest BCUT2D eigenvalue weighted by molar-refractivity contribution is 8.00. The molecular weight excluding hydrogens is 456 g/mol. The molecule has 32 heavy (non-hydrogen) atoms. The van der Waals surface area contributed by atoms with Gasteiger partial charge in [-0.3, -0.25) is 4.79 Å². The van der Waals surface area contributed by atoms with Gasteiger partial charge in [0.2, 0.25) is 0 Å². The number of aldehydes is 1. The van der Waals surface area contributed by atoms with Crippen LogP contribution in [0.1, 0.15) is 18.5 Å². The molecule has 1 aromatic heterocycles. The number of likely N-dealkylation sites (N-methyl/N-ethyl adjacent to an activating group) is 1. The van der Waals surface area contributed by atoms with Crippen LogP contribution in [0.5, 0.6) is 0 Å². The van der Waals surface area contributed by atoms with E-state index in [0.29, 0.717) is 18.6 Å². The lowest BCUT2D eigenvalue weighted by molar-refractivity contribution is -0.893. The summed E-state index contributed by atoms with van der Waals surface area (Å²) in [5, 5.41) is 20.2. The molecule has 0 aliphatic carbocycles. The molecule has 0 saturated carbocycles. The minimum Gasteiger partial charge on any atom is -0.477 e. The van der Waals surface area contributed by atoms with E-state index < -0.39 is 23.3 Å². The zero-order valence-electron chi connectivity index (χ0n) is 17.9. The summed E-state index contributed by atoms with van der Waals surface area (Å²) >= 11 is 2.52. The van der Waals surface area contributed by atoms with Crippen LogP contribution in [0.15, 0.2) is 21.8 Å². The van der Waals surface area contributed by atoms with Gasteiger partial charge >= 0.3 is 5.97 Å². The molecule has 174 valence electrons. The smallest absolute Gasteiger partial charge is 0.352 e. The van der Waals surface area contributed by atoms with Gasteiger partial charge in [0.25, 0.3) is 5.91 Å². The minimum atomic E-state index is -1.08. The summed E-state index contributed by atoms with van der Waals surface area (Å²) < 4.78 is 0.806. The molecule has 2 aliphatic rings. The lowest BCUT2D eigenvalue weighted by Gasteiger charge is -2.35. The number of hydrogen-bond donors (Lipinski definition) is 4. The van der Waals surface area contributed by atoms with Crippen LogP contribution in [0, 0.1) is 0 Å². The Labute approximate surface area is 193 Å². The summed E-state index contributed by atoms with van der Waals surface area (Å²) in [6.07, 6.45) is 2.83. The van der Waals surface area contributed by atoms with Gasteiger partial charge in [-0.2, -0.15) is 0 Å². The number of carboxylic acid groups (broad SMARTS) is 1. The Bertz CT molecular complexity index is 940. The molecule has 1 fully saturated rings. The number of likely N-dealkylation sites (tertiary alicyclic amines) is 1. The maximum Gasteiger partial charge on any atom is 0.352 e. The molecule has 1 saturated heterocycles. The highest BCUT2D eigenvalue weighted by Crippen LogP contribution is 2.28. The lowest BCUT2D eigenvalue weighted by Crippen LogP contribution is -2.54. The van der Waals surface area contributed by atoms with Gasteiger partial charge in [-0.05, 0) is 0 Å². The minimum absolute atomic E-state index is 0.0964. The molecule has 1 amide bonds. The highest BCUT2D eigenvalue weighted by Gasteiger charge is 2.36. The van der Waals surface area contributed by atoms with Crippen molar-refractivity contribution in [3.05, 3.63) is 22.3 Å². The van der Waals surface area contributed by atoms with Crippen LogP contribution in [0.25, 0.3) is 0 Å². The van der Waals surface area contributed by atoms with Gasteiger partial charge in [0, 0.05) is 29.5 Å². The van der Waals surface area contributed by atoms with Crippen molar-refractivity contribution < 1.29 is 28.8 Å². The van der Waals surface area contributed by atoms with Crippen LogP contribution in [0.2, 0.25) is 0 Å². The predicted molar refractivity (Wildman–Crippen MR) is 122 cm³/mol. The van der Waals surface area contributed by atoms with E-state index in [0.717, 1.165) is 47.3 Å². The molecular formula is C19H27N6O5S2+. The largest absolute Gasteiger partial charge is 0.477 e. The van der Waals surface area contributed by atoms with Crippen molar-refractivity contribution in [3.63, 3.8) is 0 Å². The number of nitrogens with one attached hydrogen (secondary N) is 2. The number of aromatic nitrogens is 1. The van der Waals surface area contributed by atoms with Crippen molar-refractivity contribution in [2.75, 3.05) is 45.3 Å². The third-order valence-electron chi connectivity index (χ3n) is 5.44. The Morgan fingerprint density at radius 3 is 2.78 bits per heavy atom. The molecule has 3 heterocycles. The number of hydrogen-bond acceptors (Lipinski definition) is 10. The predicted octanol–water partition coefficient (Wildman–Crippen LogP) is 0.00110. The van der Waals surface area contributed by atoms with E-state index in [1.165, 1.54) is 18.9 Å². The van der Waals surface area contributed by atoms with Gasteiger partial charge in [-0.25, -0.2) is 9.78 Å². The lowest BCUT2D eigenvalue weighted by atomic mass is 10.1. The summed E-state index contributed by atoms with van der Waals surface area (Å²) in [5.74, 6) is -1.31. The number of carbonyl (C=O) groups excluding carboxylic acids is 2. The van der Waals surface area contributed by atoms with Crippen LogP contribution in [-0.2, 0) is 19.2 Å². The molecule has 0 bridgehead atoms. The monoisotopic (exact) mass is 483 g/mol. The zero-order chi connectivity index (χ0) is 23.3. The van der Waals surface area contributed by atoms with Crippen LogP contribution in [0.4, 0.5) is 5.13 Å². The number of rotatable bonds is 9. The Balaban J connectivity index is 1.74. The molecule has 0 spiro atoms. The van der Waals surface area contributed by atoms with Crippen LogP contribution >= 0.6 is 23.1 Å². The second-order valence-corrected chi connectivity index (χ2v) is 9.94. The molecule has 5 N–H and O–H groups in total. The average Bonchev–Trinajstić information content (AvgIpc) is 3.38. The molecule has 2 unspecified atom stereocenters. The molecule has 0 aromatic carbocycles. The first kappa shape index (κ1) is 24.0. The molecule has 3 rings (SSSR count). The van der Waals surface area contributed by atoms with Crippen molar-refractivity contribution >= 4 is 52.1 Å². The number of carbonyl (C=O) groups is 3. The Morgan fingerprint density at radius 1 is 1.50 bits per heavy atom. The Kier molecular flexibility index (Phi) is 7.74. The van der Waals surface area contributed by atoms with Gasteiger partial charge in [0.05, 0.1) is 20.1 Å². The third-order valence-corrected chi connectivity index (χ3v) is 7.40. The maximum absolute atomic E-state index is 12.8. The summed E-state index contributed by atoms with van der Waals surface area (Å²) in [4.78, 5) is 45.3. The van der Waals surface area contributed by atoms with E-state index in [1.54, 1.807) is 5.38 Å². The number of nitrogen functional groups attached to an aromatic ring is 1. The van der Waals surface area contributed by atoms with Crippen molar-refractivity contribution in [2.45, 2.75) is 24.3 Å². The number of nitrogens with two attached hydrogens (primary N) is 1. The number of thiazole rings is 1. The van der Waals surface area contributed by atoms with Gasteiger partial charge in [-0.15, -0.1) is 23.1 Å². The standard InChI is InChI=1S/C19H26N6O5S2/c1-25(5-3-4-6-25)7-11-9-31-17(23-14(11)18(28)29)12(8-26)21-16(27)15(24-30-2)13-10-32-19(20)22-13/h8,10,12,17,23H,3-7,9H2,1-2H3,(H3-,20,21,22,27,28,29)/p+1/b24-15-. The van der Waals surface area contributed by atoms with Crippen molar-refractivity contribution in [3.8, 4) is 0 Å². The summed E-state index contributed by atoms with van der Waals surface area (Å²) in [7, 11) is 3.42. The normalized spacial score (nSPS) is 21.6. The average molecular weight is 484 g/mol. The summed E-state index contributed by atoms with van der Waals surface area (Å²) in [6.45, 7) is 2.67. The van der Waals surface area contributed by atoms with Crippen LogP contribution in [0.3, 0.4) is 0 Å². The van der Waals surface area contributed by atoms with E-state index in [4.69, 9.17) is 10.6 Å². The molecule has 2 aliphatic heterocycles. The summed E-state index contributed by atoms with van der Waals surface area (Å²) in [6, 6.07) is -1.00. The molecule has 2 atom stereocenters. The number of thioether (sulfide) groups is 1. The van der Waals surface area contributed by atoms with Crippen molar-refractivity contribution in [1.29, 1.82) is 0 Å². The van der Waals surface area contributed by atoms with Crippen molar-refractivity contribution in [1.82, 2.24) is 15.6 Å². The van der Waals surface area contributed by atoms with Gasteiger partial charge in [-0.1, -0.05) is 5.16 Å². The van der Waals surface area contributed by atoms with Gasteiger partial charge < -0.3 is 35.6 Å². The zero-order valence-corrected chi connectivity index (χ0v) is 19.5. The van der Waals surface area contributed by atoms with E-state index in [1.807, 2.05) is 0 Å². The number of carboxylic acids is 1. The van der Waals surface area contributed by atoms with Gasteiger partial charge in [0.1, 0.15) is 42.7 Å². The van der Waals surface area contributed by atoms with E-state index in [-0.39, 0.29) is 22.2 Å². The summed E-state index contributed by atoms with van der Waals surface area (Å²) in [5.41, 5.74) is 6.62. The van der Waals surface area contributed by atoms with Crippen LogP contribution in [-0.4, -0.2) is 89.4 Å². The number of oxime groups is 1. The van der Waals surface area contributed by atoms with E-state index >= 15 is 0 Å². The number of aliphatic carboxylic acids is 1. The quantitative estimate of drug-likeness (QED) is 0.164. The first-order chi connectivity index (χ1) is 15.3. The highest BCUT2D eigenvalue weighted by atomic mass is 32.2. The fourth-order valence-corrected chi connectivity index (χ4v) is 5.60. The number of quaternary nitrogens is 1. The Hall–Kier alpha value is -2.64. The SMILES string of the molecule is CO/N=C(\C(=O)NC(C=O)C1NC(C(=O)O)=C(C[N+]2(C)CCCC2)CS1)c1csc(N)n1. The fourth-order valence-electron chi connectivity index (χ4n) is 3.89. The van der Waals surface area contributed by atoms with E-state index in [2.05, 4.69) is 27.8 Å². The molecule has 13 heteroatoms. The first-order valence-electron chi connectivity index (χ1n) is 10.0. The fraction of sp³-hybridized carbons (Fsp3) is 0.526. The number of nitrogens with zero attached hydrogens (tertiary/aromatic N) is 3. The van der Waals surface area contributed by atoms with Crippen LogP contribution < -0.4 is 16.4 Å². The van der Waals surface area contributed by atoms with Gasteiger partial charge in [0.15, 0.2) is 10.8 Å². The molecule has 0 radical (unpaired) electrons. The topological polar surface area (TPSA) is 156 Å². The van der Waals surface area contributed by atoms with E-state index in [9.17, 15) is 19.5 Å². The number of amides is 1. The van der Waals surface area contributed by atoms with Crippen molar-refractivity contribution in [2.24, 2.45) is 5.16 Å². The number of anilines is 1. The first-order valence-corrected chi connectivity index (χ1v) is 11.9. The second kappa shape index (κ2) is 10.3. The molecule has 11 nitrogen and oxygen atoms in total. The second-order valence-electron chi connectivity index (χ2n) is 7.92. The maximum atomic E-state index is 12.8. The third kappa shape index (κ3) is 5.58. The molecule has 1 aromatic rings. The Morgan fingerprint density at radius 2 is 2.22 bits per heavy atom.